The van der Waals surface area contributed by atoms with Gasteiger partial charge in [-0.25, -0.2) is 4.39 Å². The summed E-state index contributed by atoms with van der Waals surface area (Å²) in [5.74, 6) is -0.392. The van der Waals surface area contributed by atoms with Crippen molar-refractivity contribution in [3.05, 3.63) is 41.7 Å². The fourth-order valence-corrected chi connectivity index (χ4v) is 2.96. The van der Waals surface area contributed by atoms with Gasteiger partial charge >= 0.3 is 0 Å². The van der Waals surface area contributed by atoms with E-state index in [0.29, 0.717) is 24.2 Å². The van der Waals surface area contributed by atoms with Crippen LogP contribution in [0.4, 0.5) is 4.39 Å². The molecule has 120 valence electrons. The first-order chi connectivity index (χ1) is 10.5. The summed E-state index contributed by atoms with van der Waals surface area (Å²) >= 11 is 0. The molecule has 0 saturated carbocycles. The Hall–Kier alpha value is -1.68. The third-order valence-electron chi connectivity index (χ3n) is 4.86. The van der Waals surface area contributed by atoms with E-state index < -0.39 is 0 Å². The molecule has 1 aromatic rings. The van der Waals surface area contributed by atoms with Gasteiger partial charge in [-0.15, -0.1) is 0 Å². The summed E-state index contributed by atoms with van der Waals surface area (Å²) in [6.07, 6.45) is 4.07. The van der Waals surface area contributed by atoms with Gasteiger partial charge in [-0.05, 0) is 43.2 Å². The third kappa shape index (κ3) is 3.55. The number of carbonyl (C=O) groups excluding carboxylic acids is 1. The topological polar surface area (TPSA) is 40.5 Å². The van der Waals surface area contributed by atoms with Crippen LogP contribution in [0.5, 0.6) is 0 Å². The zero-order valence-electron chi connectivity index (χ0n) is 13.3. The molecule has 0 radical (unpaired) electrons. The number of amides is 1. The average Bonchev–Trinajstić information content (AvgIpc) is 2.55. The highest BCUT2D eigenvalue weighted by atomic mass is 19.1. The summed E-state index contributed by atoms with van der Waals surface area (Å²) in [5.41, 5.74) is 1.06. The number of likely N-dealkylation sites (tertiary alicyclic amines) is 1. The van der Waals surface area contributed by atoms with Crippen LogP contribution in [0.25, 0.3) is 5.57 Å². The van der Waals surface area contributed by atoms with E-state index in [4.69, 9.17) is 0 Å². The molecule has 1 saturated heterocycles. The fraction of sp³-hybridized carbons (Fsp3) is 0.500. The Bertz CT molecular complexity index is 554. The quantitative estimate of drug-likeness (QED) is 0.868. The van der Waals surface area contributed by atoms with Crippen LogP contribution in [0.3, 0.4) is 0 Å². The highest BCUT2D eigenvalue weighted by Crippen LogP contribution is 2.34. The molecule has 1 aliphatic rings. The highest BCUT2D eigenvalue weighted by molar-refractivity contribution is 5.95. The number of hydrogen-bond acceptors (Lipinski definition) is 2. The second-order valence-corrected chi connectivity index (χ2v) is 6.14. The zero-order valence-corrected chi connectivity index (χ0v) is 13.3. The van der Waals surface area contributed by atoms with Crippen molar-refractivity contribution in [2.75, 3.05) is 19.7 Å². The van der Waals surface area contributed by atoms with Gasteiger partial charge in [-0.1, -0.05) is 25.1 Å². The van der Waals surface area contributed by atoms with Crippen LogP contribution in [-0.2, 0) is 4.79 Å². The van der Waals surface area contributed by atoms with Crippen LogP contribution in [0, 0.1) is 11.2 Å². The fourth-order valence-electron chi connectivity index (χ4n) is 2.96. The molecule has 4 heteroatoms. The van der Waals surface area contributed by atoms with E-state index in [1.54, 1.807) is 30.0 Å². The van der Waals surface area contributed by atoms with Crippen LogP contribution in [0.15, 0.2) is 30.3 Å². The van der Waals surface area contributed by atoms with Crippen LogP contribution < -0.4 is 0 Å². The minimum absolute atomic E-state index is 0.0406. The molecule has 0 bridgehead atoms. The van der Waals surface area contributed by atoms with Crippen molar-refractivity contribution in [3.8, 4) is 0 Å². The predicted octanol–water partition coefficient (Wildman–Crippen LogP) is 3.24. The van der Waals surface area contributed by atoms with Crippen molar-refractivity contribution in [2.45, 2.75) is 33.1 Å². The molecule has 1 N–H and O–H groups in total. The molecular formula is C18H24FNO2. The minimum atomic E-state index is -0.312. The number of piperidine rings is 1. The van der Waals surface area contributed by atoms with Crippen molar-refractivity contribution >= 4 is 11.5 Å². The maximum Gasteiger partial charge on any atom is 0.246 e. The van der Waals surface area contributed by atoms with E-state index >= 15 is 0 Å². The van der Waals surface area contributed by atoms with Gasteiger partial charge in [0.05, 0.1) is 0 Å². The lowest BCUT2D eigenvalue weighted by atomic mass is 9.77. The van der Waals surface area contributed by atoms with Gasteiger partial charge < -0.3 is 10.0 Å². The number of allylic oxidation sites excluding steroid dienone is 1. The van der Waals surface area contributed by atoms with Crippen LogP contribution in [-0.4, -0.2) is 35.6 Å². The Balaban J connectivity index is 2.04. The van der Waals surface area contributed by atoms with Crippen molar-refractivity contribution < 1.29 is 14.3 Å². The number of nitrogens with zero attached hydrogens (tertiary/aromatic N) is 1. The van der Waals surface area contributed by atoms with Crippen LogP contribution in [0.2, 0.25) is 0 Å². The Morgan fingerprint density at radius 2 is 2.00 bits per heavy atom. The lowest BCUT2D eigenvalue weighted by Crippen LogP contribution is -2.44. The molecule has 1 amide bonds. The normalized spacial score (nSPS) is 18.4. The number of benzene rings is 1. The maximum absolute atomic E-state index is 13.7. The average molecular weight is 305 g/mol. The summed E-state index contributed by atoms with van der Waals surface area (Å²) in [6.45, 7) is 5.30. The summed E-state index contributed by atoms with van der Waals surface area (Å²) in [5, 5.41) is 9.53. The second-order valence-electron chi connectivity index (χ2n) is 6.14. The van der Waals surface area contributed by atoms with Gasteiger partial charge in [0.2, 0.25) is 5.91 Å². The number of aliphatic hydroxyl groups excluding tert-OH is 1. The molecule has 0 aliphatic carbocycles. The predicted molar refractivity (Wildman–Crippen MR) is 85.7 cm³/mol. The first-order valence-corrected chi connectivity index (χ1v) is 7.84. The monoisotopic (exact) mass is 305 g/mol. The number of carbonyl (C=O) groups is 1. The van der Waals surface area contributed by atoms with E-state index in [0.717, 1.165) is 19.3 Å². The molecule has 0 atom stereocenters. The van der Waals surface area contributed by atoms with Gasteiger partial charge in [0.15, 0.2) is 0 Å². The first-order valence-electron chi connectivity index (χ1n) is 7.84. The lowest BCUT2D eigenvalue weighted by Gasteiger charge is -2.40. The Labute approximate surface area is 131 Å². The molecule has 0 aromatic heterocycles. The van der Waals surface area contributed by atoms with E-state index in [2.05, 4.69) is 6.92 Å². The molecule has 0 spiro atoms. The van der Waals surface area contributed by atoms with Crippen molar-refractivity contribution in [1.82, 2.24) is 4.90 Å². The van der Waals surface area contributed by atoms with E-state index in [-0.39, 0.29) is 23.7 Å². The van der Waals surface area contributed by atoms with E-state index in [9.17, 15) is 14.3 Å². The molecule has 2 rings (SSSR count). The van der Waals surface area contributed by atoms with Crippen molar-refractivity contribution in [2.24, 2.45) is 5.41 Å². The Morgan fingerprint density at radius 3 is 2.55 bits per heavy atom. The van der Waals surface area contributed by atoms with Gasteiger partial charge in [0.1, 0.15) is 5.82 Å². The zero-order chi connectivity index (χ0) is 16.2. The molecule has 1 aliphatic heterocycles. The SMILES string of the molecule is CCC1(CO)CCN(C(=O)/C=C(/C)c2ccccc2F)CC1. The lowest BCUT2D eigenvalue weighted by molar-refractivity contribution is -0.128. The number of hydrogen-bond donors (Lipinski definition) is 1. The summed E-state index contributed by atoms with van der Waals surface area (Å²) in [6, 6.07) is 6.48. The number of aliphatic hydroxyl groups is 1. The number of halogens is 1. The van der Waals surface area contributed by atoms with Crippen molar-refractivity contribution in [3.63, 3.8) is 0 Å². The summed E-state index contributed by atoms with van der Waals surface area (Å²) < 4.78 is 13.7. The van der Waals surface area contributed by atoms with Crippen molar-refractivity contribution in [1.29, 1.82) is 0 Å². The van der Waals surface area contributed by atoms with Gasteiger partial charge in [0.25, 0.3) is 0 Å². The van der Waals surface area contributed by atoms with E-state index in [1.807, 2.05) is 0 Å². The highest BCUT2D eigenvalue weighted by Gasteiger charge is 2.33. The Morgan fingerprint density at radius 1 is 1.36 bits per heavy atom. The van der Waals surface area contributed by atoms with Crippen LogP contribution in [0.1, 0.15) is 38.7 Å². The molecule has 1 aromatic carbocycles. The Kier molecular flexibility index (Phi) is 5.35. The minimum Gasteiger partial charge on any atom is -0.396 e. The molecule has 1 heterocycles. The second kappa shape index (κ2) is 7.05. The summed E-state index contributed by atoms with van der Waals surface area (Å²) in [4.78, 5) is 14.1. The smallest absolute Gasteiger partial charge is 0.246 e. The van der Waals surface area contributed by atoms with Crippen LogP contribution >= 0.6 is 0 Å². The molecular weight excluding hydrogens is 281 g/mol. The summed E-state index contributed by atoms with van der Waals surface area (Å²) in [7, 11) is 0. The molecule has 22 heavy (non-hydrogen) atoms. The molecule has 3 nitrogen and oxygen atoms in total. The molecule has 1 fully saturated rings. The standard InChI is InChI=1S/C18H24FNO2/c1-3-18(13-21)8-10-20(11-9-18)17(22)12-14(2)15-6-4-5-7-16(15)19/h4-7,12,21H,3,8-11,13H2,1-2H3/b14-12-. The maximum atomic E-state index is 13.7. The number of rotatable bonds is 4. The largest absolute Gasteiger partial charge is 0.396 e. The van der Waals surface area contributed by atoms with Gasteiger partial charge in [0, 0.05) is 31.3 Å². The third-order valence-corrected chi connectivity index (χ3v) is 4.86. The molecule has 0 unspecified atom stereocenters. The van der Waals surface area contributed by atoms with Gasteiger partial charge in [-0.3, -0.25) is 4.79 Å². The first kappa shape index (κ1) is 16.7. The van der Waals surface area contributed by atoms with Gasteiger partial charge in [-0.2, -0.15) is 0 Å². The van der Waals surface area contributed by atoms with E-state index in [1.165, 1.54) is 12.1 Å².